The lowest BCUT2D eigenvalue weighted by Crippen LogP contribution is -2.54. The lowest BCUT2D eigenvalue weighted by Gasteiger charge is -2.41. The Bertz CT molecular complexity index is 3370. The Kier molecular flexibility index (Phi) is 27.1. The molecule has 0 atom stereocenters. The first-order valence-corrected chi connectivity index (χ1v) is 32.7. The molecule has 3 aromatic rings. The van der Waals surface area contributed by atoms with Crippen molar-refractivity contribution in [2.45, 2.75) is 199 Å². The second kappa shape index (κ2) is 33.2. The fraction of sp³-hybridized carbons (Fsp3) is 0.621. The van der Waals surface area contributed by atoms with Gasteiger partial charge in [-0.3, -0.25) is 33.6 Å². The van der Waals surface area contributed by atoms with Crippen LogP contribution in [0.2, 0.25) is 5.02 Å². The SMILES string of the molecule is CC(C)N(C(=O)c1cc2c(cc1C(F)(F)F)OC(C)(C)C(=O)N2CCNC(=O)C(F)F)C1CCC(CCN(CC(F)(F)F)C(=O)Cc2ccc(Cl)cc2)CC1.CC(C)N(C(=O)c1cc2c(cc1C(F)(F)F)OC(C)(C)C(=O)N2CCNC(=O)C(F)F)C1CCC(CCNCC(F)(F)F)CC1. The van der Waals surface area contributed by atoms with Crippen LogP contribution in [0.4, 0.5) is 81.6 Å². The molecule has 0 spiro atoms. The number of hydrogen-bond donors (Lipinski definition) is 3. The molecular weight excluding hydrogens is 1390 g/mol. The highest BCUT2D eigenvalue weighted by Gasteiger charge is 2.48. The van der Waals surface area contributed by atoms with Gasteiger partial charge in [0, 0.05) is 61.9 Å². The van der Waals surface area contributed by atoms with E-state index in [1.165, 1.54) is 49.6 Å². The second-order valence-corrected chi connectivity index (χ2v) is 27.0. The summed E-state index contributed by atoms with van der Waals surface area (Å²) >= 11 is 5.87. The minimum atomic E-state index is -5.04. The summed E-state index contributed by atoms with van der Waals surface area (Å²) in [6.07, 6.45) is -21.6. The van der Waals surface area contributed by atoms with Gasteiger partial charge in [0.1, 0.15) is 18.0 Å². The number of nitrogens with one attached hydrogen (secondary N) is 3. The van der Waals surface area contributed by atoms with E-state index in [0.717, 1.165) is 26.8 Å². The number of benzene rings is 3. The van der Waals surface area contributed by atoms with Crippen molar-refractivity contribution in [3.63, 3.8) is 0 Å². The molecule has 7 amide bonds. The van der Waals surface area contributed by atoms with Crippen LogP contribution < -0.4 is 35.2 Å². The predicted molar refractivity (Wildman–Crippen MR) is 335 cm³/mol. The van der Waals surface area contributed by atoms with Gasteiger partial charge in [-0.2, -0.15) is 70.2 Å². The number of amides is 7. The Morgan fingerprint density at radius 1 is 0.570 bits per heavy atom. The summed E-state index contributed by atoms with van der Waals surface area (Å²) in [6, 6.07) is 7.14. The maximum atomic E-state index is 14.6. The summed E-state index contributed by atoms with van der Waals surface area (Å²) in [5.74, 6) is -8.04. The van der Waals surface area contributed by atoms with Gasteiger partial charge in [0.05, 0.1) is 46.6 Å². The molecule has 0 unspecified atom stereocenters. The highest BCUT2D eigenvalue weighted by molar-refractivity contribution is 6.30. The zero-order valence-electron chi connectivity index (χ0n) is 56.0. The van der Waals surface area contributed by atoms with Gasteiger partial charge >= 0.3 is 37.6 Å². The molecule has 2 aliphatic heterocycles. The third-order valence-corrected chi connectivity index (χ3v) is 17.9. The molecule has 100 heavy (non-hydrogen) atoms. The summed E-state index contributed by atoms with van der Waals surface area (Å²) in [5, 5.41) is 6.67. The molecule has 2 heterocycles. The van der Waals surface area contributed by atoms with Gasteiger partial charge in [0.2, 0.25) is 5.91 Å². The molecule has 34 heteroatoms. The van der Waals surface area contributed by atoms with Gasteiger partial charge < -0.3 is 49.9 Å². The number of anilines is 2. The molecule has 7 rings (SSSR count). The zero-order chi connectivity index (χ0) is 74.9. The van der Waals surface area contributed by atoms with E-state index in [1.54, 1.807) is 39.8 Å². The number of ether oxygens (including phenoxy) is 2. The highest BCUT2D eigenvalue weighted by Crippen LogP contribution is 2.47. The average Bonchev–Trinajstić information content (AvgIpc) is 0.749. The number of rotatable bonds is 24. The van der Waals surface area contributed by atoms with Gasteiger partial charge in [-0.1, -0.05) is 23.7 Å². The van der Waals surface area contributed by atoms with E-state index in [1.807, 2.05) is 10.6 Å². The van der Waals surface area contributed by atoms with Crippen molar-refractivity contribution < 1.29 is 113 Å². The topological polar surface area (TPSA) is 190 Å². The van der Waals surface area contributed by atoms with Crippen LogP contribution >= 0.6 is 11.6 Å². The van der Waals surface area contributed by atoms with Crippen molar-refractivity contribution in [1.82, 2.24) is 30.7 Å². The molecule has 2 aliphatic carbocycles. The maximum Gasteiger partial charge on any atom is 0.417 e. The largest absolute Gasteiger partial charge is 0.476 e. The normalized spacial score (nSPS) is 19.3. The number of nitrogens with zero attached hydrogens (tertiary/aromatic N) is 5. The average molecular weight is 1470 g/mol. The molecule has 0 saturated heterocycles. The summed E-state index contributed by atoms with van der Waals surface area (Å²) < 4.78 is 227. The van der Waals surface area contributed by atoms with Crippen LogP contribution in [0.3, 0.4) is 0 Å². The molecule has 2 saturated carbocycles. The van der Waals surface area contributed by atoms with Crippen molar-refractivity contribution in [2.24, 2.45) is 11.8 Å². The van der Waals surface area contributed by atoms with Crippen LogP contribution in [0.5, 0.6) is 11.5 Å². The Morgan fingerprint density at radius 2 is 0.960 bits per heavy atom. The van der Waals surface area contributed by atoms with Gasteiger partial charge in [0.25, 0.3) is 35.4 Å². The summed E-state index contributed by atoms with van der Waals surface area (Å²) in [5.41, 5.74) is -7.31. The van der Waals surface area contributed by atoms with Crippen molar-refractivity contribution in [1.29, 1.82) is 0 Å². The van der Waals surface area contributed by atoms with Crippen LogP contribution in [0.1, 0.15) is 157 Å². The third kappa shape index (κ3) is 21.9. The van der Waals surface area contributed by atoms with Crippen LogP contribution in [0, 0.1) is 11.8 Å². The minimum absolute atomic E-state index is 0.0891. The Labute approximate surface area is 572 Å². The van der Waals surface area contributed by atoms with Crippen LogP contribution in [0.25, 0.3) is 0 Å². The minimum Gasteiger partial charge on any atom is -0.476 e. The first-order valence-electron chi connectivity index (χ1n) is 32.4. The first kappa shape index (κ1) is 81.6. The molecule has 4 aliphatic rings. The van der Waals surface area contributed by atoms with E-state index in [9.17, 15) is 104 Å². The first-order chi connectivity index (χ1) is 46.2. The van der Waals surface area contributed by atoms with E-state index in [-0.39, 0.29) is 67.2 Å². The third-order valence-electron chi connectivity index (χ3n) is 17.6. The lowest BCUT2D eigenvalue weighted by atomic mass is 9.82. The van der Waals surface area contributed by atoms with Crippen LogP contribution in [-0.2, 0) is 42.7 Å². The fourth-order valence-electron chi connectivity index (χ4n) is 12.8. The molecular formula is C66H81ClF16N8O9. The molecule has 17 nitrogen and oxygen atoms in total. The second-order valence-electron chi connectivity index (χ2n) is 26.6. The van der Waals surface area contributed by atoms with Crippen LogP contribution in [-0.4, -0.2) is 169 Å². The van der Waals surface area contributed by atoms with Gasteiger partial charge in [0.15, 0.2) is 11.2 Å². The Hall–Kier alpha value is -7.32. The number of hydrogen-bond acceptors (Lipinski definition) is 10. The number of halogens is 17. The van der Waals surface area contributed by atoms with E-state index < -0.39 is 169 Å². The van der Waals surface area contributed by atoms with Crippen molar-refractivity contribution >= 4 is 64.3 Å². The fourth-order valence-corrected chi connectivity index (χ4v) is 13.0. The van der Waals surface area contributed by atoms with Gasteiger partial charge in [-0.25, -0.2) is 0 Å². The molecule has 3 aromatic carbocycles. The van der Waals surface area contributed by atoms with Crippen molar-refractivity contribution in [2.75, 3.05) is 62.2 Å². The van der Waals surface area contributed by atoms with E-state index in [0.29, 0.717) is 80.5 Å². The van der Waals surface area contributed by atoms with Gasteiger partial charge in [-0.05, 0) is 180 Å². The highest BCUT2D eigenvalue weighted by atomic mass is 35.5. The maximum absolute atomic E-state index is 14.6. The lowest BCUT2D eigenvalue weighted by molar-refractivity contribution is -0.161. The quantitative estimate of drug-likeness (QED) is 0.0575. The van der Waals surface area contributed by atoms with Crippen molar-refractivity contribution in [3.05, 3.63) is 81.4 Å². The predicted octanol–water partition coefficient (Wildman–Crippen LogP) is 13.2. The molecule has 558 valence electrons. The summed E-state index contributed by atoms with van der Waals surface area (Å²) in [6.45, 7) is 7.57. The van der Waals surface area contributed by atoms with Gasteiger partial charge in [-0.15, -0.1) is 0 Å². The molecule has 0 radical (unpaired) electrons. The number of carbonyl (C=O) groups is 7. The smallest absolute Gasteiger partial charge is 0.417 e. The van der Waals surface area contributed by atoms with E-state index in [2.05, 4.69) is 5.32 Å². The monoisotopic (exact) mass is 1470 g/mol. The summed E-state index contributed by atoms with van der Waals surface area (Å²) in [4.78, 5) is 95.8. The van der Waals surface area contributed by atoms with Crippen LogP contribution in [0.15, 0.2) is 48.5 Å². The van der Waals surface area contributed by atoms with Crippen molar-refractivity contribution in [3.8, 4) is 11.5 Å². The zero-order valence-corrected chi connectivity index (χ0v) is 56.8. The summed E-state index contributed by atoms with van der Waals surface area (Å²) in [7, 11) is 0. The molecule has 3 N–H and O–H groups in total. The molecule has 2 fully saturated rings. The Morgan fingerprint density at radius 3 is 1.31 bits per heavy atom. The van der Waals surface area contributed by atoms with E-state index >= 15 is 0 Å². The number of fused-ring (bicyclic) bond motifs is 2. The van der Waals surface area contributed by atoms with E-state index in [4.69, 9.17) is 21.1 Å². The number of alkyl halides is 16. The molecule has 0 aromatic heterocycles. The molecule has 0 bridgehead atoms. The standard InChI is InChI=1S/C37H43ClF8N4O5.C29H38F8N4O4/c1-21(2)50(25-11-7-22(8-12-25)13-15-48(20-36(41,42)43)30(51)17-23-5-9-24(38)10-6-23)33(53)26-18-28-29(19-27(26)37(44,45)46)55-35(3,4)34(54)49(28)16-14-47-32(52)31(39)40;1-16(2)41(18-7-5-17(6-8-18)9-10-38-15-28(32,33)34)25(43)19-13-21-22(14-20(19)29(35,36)37)45-27(3,4)26(44)40(21)12-11-39-24(42)23(30)31/h5-6,9-10,18-19,21-22,25,31H,7-8,11-17,20H2,1-4H3,(H,47,52);13-14,16-18,23,38H,5-12,15H2,1-4H3,(H,39,42). The Balaban J connectivity index is 0.000000322. The number of carbonyl (C=O) groups excluding carboxylic acids is 7.